The van der Waals surface area contributed by atoms with Crippen molar-refractivity contribution in [3.05, 3.63) is 70.1 Å². The van der Waals surface area contributed by atoms with Crippen LogP contribution in [0.3, 0.4) is 0 Å². The minimum atomic E-state index is -0.701. The van der Waals surface area contributed by atoms with E-state index in [1.807, 2.05) is 24.3 Å². The average molecular weight is 335 g/mol. The number of carbonyl (C=O) groups is 1. The van der Waals surface area contributed by atoms with Crippen LogP contribution in [0, 0.1) is 5.82 Å². The van der Waals surface area contributed by atoms with Crippen LogP contribution in [0.1, 0.15) is 10.4 Å². The van der Waals surface area contributed by atoms with Crippen LogP contribution in [-0.4, -0.2) is 10.9 Å². The van der Waals surface area contributed by atoms with E-state index in [1.165, 1.54) is 12.3 Å². The van der Waals surface area contributed by atoms with Crippen LogP contribution in [0.15, 0.2) is 48.7 Å². The third-order valence-electron chi connectivity index (χ3n) is 3.10. The minimum Gasteiger partial charge on any atom is -0.321 e. The van der Waals surface area contributed by atoms with Gasteiger partial charge in [0.2, 0.25) is 0 Å². The van der Waals surface area contributed by atoms with Crippen molar-refractivity contribution >= 4 is 45.7 Å². The lowest BCUT2D eigenvalue weighted by molar-refractivity contribution is 0.102. The molecular formula is C16H9Cl2FN2O. The monoisotopic (exact) mass is 334 g/mol. The fourth-order valence-corrected chi connectivity index (χ4v) is 2.50. The van der Waals surface area contributed by atoms with Gasteiger partial charge in [-0.15, -0.1) is 0 Å². The number of nitrogens with zero attached hydrogens (tertiary/aromatic N) is 1. The summed E-state index contributed by atoms with van der Waals surface area (Å²) in [5, 5.41) is 3.48. The van der Waals surface area contributed by atoms with E-state index in [0.29, 0.717) is 5.69 Å². The Bertz CT molecular complexity index is 883. The molecule has 1 aromatic heterocycles. The fourth-order valence-electron chi connectivity index (χ4n) is 2.03. The summed E-state index contributed by atoms with van der Waals surface area (Å²) in [6.45, 7) is 0. The largest absolute Gasteiger partial charge is 0.321 e. The molecule has 0 aliphatic heterocycles. The van der Waals surface area contributed by atoms with Crippen LogP contribution in [-0.2, 0) is 0 Å². The van der Waals surface area contributed by atoms with Crippen molar-refractivity contribution in [3.8, 4) is 0 Å². The third-order valence-corrected chi connectivity index (χ3v) is 3.71. The zero-order valence-corrected chi connectivity index (χ0v) is 12.6. The number of hydrogen-bond acceptors (Lipinski definition) is 2. The number of fused-ring (bicyclic) bond motifs is 1. The van der Waals surface area contributed by atoms with Gasteiger partial charge in [0.05, 0.1) is 33.0 Å². The third kappa shape index (κ3) is 2.89. The Morgan fingerprint density at radius 3 is 2.68 bits per heavy atom. The second kappa shape index (κ2) is 5.91. The first-order valence-corrected chi connectivity index (χ1v) is 7.11. The van der Waals surface area contributed by atoms with Crippen LogP contribution in [0.25, 0.3) is 10.9 Å². The molecule has 1 heterocycles. The van der Waals surface area contributed by atoms with E-state index in [1.54, 1.807) is 6.07 Å². The van der Waals surface area contributed by atoms with Crippen molar-refractivity contribution in [2.24, 2.45) is 0 Å². The van der Waals surface area contributed by atoms with Gasteiger partial charge >= 0.3 is 0 Å². The van der Waals surface area contributed by atoms with Crippen LogP contribution < -0.4 is 5.32 Å². The van der Waals surface area contributed by atoms with Gasteiger partial charge in [-0.3, -0.25) is 9.78 Å². The van der Waals surface area contributed by atoms with Crippen molar-refractivity contribution in [1.82, 2.24) is 4.98 Å². The number of carbonyl (C=O) groups excluding carboxylic acids is 1. The number of anilines is 1. The lowest BCUT2D eigenvalue weighted by Gasteiger charge is -2.08. The minimum absolute atomic E-state index is 0.0109. The van der Waals surface area contributed by atoms with Crippen LogP contribution >= 0.6 is 23.2 Å². The maximum absolute atomic E-state index is 13.5. The summed E-state index contributed by atoms with van der Waals surface area (Å²) in [7, 11) is 0. The second-order valence-electron chi connectivity index (χ2n) is 4.62. The fraction of sp³-hybridized carbons (Fsp3) is 0. The number of aromatic nitrogens is 1. The Morgan fingerprint density at radius 1 is 1.09 bits per heavy atom. The van der Waals surface area contributed by atoms with Crippen molar-refractivity contribution < 1.29 is 9.18 Å². The molecule has 0 unspecified atom stereocenters. The molecule has 0 bridgehead atoms. The molecule has 1 amide bonds. The Morgan fingerprint density at radius 2 is 1.86 bits per heavy atom. The van der Waals surface area contributed by atoms with Gasteiger partial charge in [0, 0.05) is 5.39 Å². The molecule has 0 atom stereocenters. The number of pyridine rings is 1. The van der Waals surface area contributed by atoms with Gasteiger partial charge in [0.15, 0.2) is 0 Å². The molecule has 3 nitrogen and oxygen atoms in total. The maximum atomic E-state index is 13.5. The molecule has 0 saturated heterocycles. The molecule has 0 radical (unpaired) electrons. The second-order valence-corrected chi connectivity index (χ2v) is 5.43. The van der Waals surface area contributed by atoms with E-state index in [2.05, 4.69) is 10.3 Å². The van der Waals surface area contributed by atoms with Gasteiger partial charge in [0.25, 0.3) is 5.91 Å². The van der Waals surface area contributed by atoms with Crippen LogP contribution in [0.4, 0.5) is 10.1 Å². The summed E-state index contributed by atoms with van der Waals surface area (Å²) in [5.74, 6) is -1.23. The van der Waals surface area contributed by atoms with E-state index < -0.39 is 11.7 Å². The van der Waals surface area contributed by atoms with E-state index in [4.69, 9.17) is 23.2 Å². The summed E-state index contributed by atoms with van der Waals surface area (Å²) in [4.78, 5) is 16.4. The smallest absolute Gasteiger partial charge is 0.257 e. The molecule has 1 N–H and O–H groups in total. The van der Waals surface area contributed by atoms with Crippen molar-refractivity contribution in [3.63, 3.8) is 0 Å². The Hall–Kier alpha value is -2.17. The zero-order valence-electron chi connectivity index (χ0n) is 11.1. The SMILES string of the molecule is O=C(Nc1cnc2ccccc2c1)c1cc(F)c(Cl)cc1Cl. The number of hydrogen-bond donors (Lipinski definition) is 1. The molecule has 22 heavy (non-hydrogen) atoms. The number of para-hydroxylation sites is 1. The van der Waals surface area contributed by atoms with E-state index in [-0.39, 0.29) is 15.6 Å². The molecule has 3 rings (SSSR count). The molecule has 110 valence electrons. The standard InChI is InChI=1S/C16H9Cl2FN2O/c17-12-7-13(18)14(19)6-11(12)16(22)21-10-5-9-3-1-2-4-15(9)20-8-10/h1-8H,(H,21,22). The first-order valence-electron chi connectivity index (χ1n) is 6.35. The van der Waals surface area contributed by atoms with Gasteiger partial charge < -0.3 is 5.32 Å². The Labute approximate surface area is 135 Å². The van der Waals surface area contributed by atoms with E-state index in [9.17, 15) is 9.18 Å². The molecular weight excluding hydrogens is 326 g/mol. The molecule has 0 aliphatic carbocycles. The predicted octanol–water partition coefficient (Wildman–Crippen LogP) is 4.93. The maximum Gasteiger partial charge on any atom is 0.257 e. The van der Waals surface area contributed by atoms with Crippen molar-refractivity contribution in [2.75, 3.05) is 5.32 Å². The van der Waals surface area contributed by atoms with Crippen molar-refractivity contribution in [2.45, 2.75) is 0 Å². The highest BCUT2D eigenvalue weighted by Gasteiger charge is 2.14. The summed E-state index contributed by atoms with van der Waals surface area (Å²) < 4.78 is 13.5. The molecule has 0 spiro atoms. The number of rotatable bonds is 2. The topological polar surface area (TPSA) is 42.0 Å². The molecule has 0 saturated carbocycles. The predicted molar refractivity (Wildman–Crippen MR) is 86.1 cm³/mol. The molecule has 0 fully saturated rings. The number of nitrogens with one attached hydrogen (secondary N) is 1. The van der Waals surface area contributed by atoms with Gasteiger partial charge in [-0.1, -0.05) is 41.4 Å². The summed E-state index contributed by atoms with van der Waals surface area (Å²) >= 11 is 11.5. The normalized spacial score (nSPS) is 10.7. The van der Waals surface area contributed by atoms with E-state index in [0.717, 1.165) is 17.0 Å². The highest BCUT2D eigenvalue weighted by molar-refractivity contribution is 6.37. The van der Waals surface area contributed by atoms with Gasteiger partial charge in [-0.05, 0) is 24.3 Å². The first-order chi connectivity index (χ1) is 10.5. The highest BCUT2D eigenvalue weighted by Crippen LogP contribution is 2.25. The quantitative estimate of drug-likeness (QED) is 0.675. The van der Waals surface area contributed by atoms with Gasteiger partial charge in [-0.2, -0.15) is 0 Å². The van der Waals surface area contributed by atoms with Crippen LogP contribution in [0.2, 0.25) is 10.0 Å². The molecule has 0 aliphatic rings. The van der Waals surface area contributed by atoms with Crippen molar-refractivity contribution in [1.29, 1.82) is 0 Å². The van der Waals surface area contributed by atoms with Gasteiger partial charge in [0.1, 0.15) is 5.82 Å². The summed E-state index contributed by atoms with van der Waals surface area (Å²) in [6, 6.07) is 11.5. The van der Waals surface area contributed by atoms with E-state index >= 15 is 0 Å². The molecule has 6 heteroatoms. The van der Waals surface area contributed by atoms with Gasteiger partial charge in [-0.25, -0.2) is 4.39 Å². The highest BCUT2D eigenvalue weighted by atomic mass is 35.5. The average Bonchev–Trinajstić information content (AvgIpc) is 2.50. The number of amides is 1. The first kappa shape index (κ1) is 14.8. The lowest BCUT2D eigenvalue weighted by Crippen LogP contribution is -2.13. The molecule has 2 aromatic carbocycles. The lowest BCUT2D eigenvalue weighted by atomic mass is 10.2. The summed E-state index contributed by atoms with van der Waals surface area (Å²) in [5.41, 5.74) is 1.32. The molecule has 3 aromatic rings. The summed E-state index contributed by atoms with van der Waals surface area (Å²) in [6.07, 6.45) is 1.53. The zero-order chi connectivity index (χ0) is 15.7. The number of benzene rings is 2. The Balaban J connectivity index is 1.91. The number of halogens is 3. The van der Waals surface area contributed by atoms with Crippen LogP contribution in [0.5, 0.6) is 0 Å². The Kier molecular flexibility index (Phi) is 3.96.